The van der Waals surface area contributed by atoms with E-state index in [-0.39, 0.29) is 23.2 Å². The van der Waals surface area contributed by atoms with E-state index < -0.39 is 0 Å². The lowest BCUT2D eigenvalue weighted by Crippen LogP contribution is -2.26. The maximum absolute atomic E-state index is 12.2. The fourth-order valence-corrected chi connectivity index (χ4v) is 1.93. The van der Waals surface area contributed by atoms with Crippen molar-refractivity contribution < 1.29 is 0 Å². The van der Waals surface area contributed by atoms with Gasteiger partial charge in [-0.2, -0.15) is 5.10 Å². The predicted molar refractivity (Wildman–Crippen MR) is 78.6 cm³/mol. The first-order valence-corrected chi connectivity index (χ1v) is 6.37. The molecule has 2 aromatic heterocycles. The highest BCUT2D eigenvalue weighted by atomic mass is 35.5. The van der Waals surface area contributed by atoms with Gasteiger partial charge in [-0.3, -0.25) is 9.78 Å². The minimum Gasteiger partial charge on any atom is -0.373 e. The Labute approximate surface area is 121 Å². The molecular formula is C14H13ClN4O. The Morgan fingerprint density at radius 2 is 2.20 bits per heavy atom. The van der Waals surface area contributed by atoms with Gasteiger partial charge in [-0.25, -0.2) is 4.68 Å². The zero-order chi connectivity index (χ0) is 14.5. The Bertz CT molecular complexity index is 691. The third-order valence-electron chi connectivity index (χ3n) is 2.81. The molecule has 1 N–H and O–H groups in total. The highest BCUT2D eigenvalue weighted by Gasteiger charge is 2.13. The maximum atomic E-state index is 12.2. The Morgan fingerprint density at radius 1 is 1.50 bits per heavy atom. The highest BCUT2D eigenvalue weighted by molar-refractivity contribution is 6.33. The normalized spacial score (nSPS) is 11.7. The van der Waals surface area contributed by atoms with Crippen molar-refractivity contribution in [1.29, 1.82) is 0 Å². The van der Waals surface area contributed by atoms with Crippen molar-refractivity contribution in [3.8, 4) is 12.3 Å². The molecule has 0 aliphatic carbocycles. The summed E-state index contributed by atoms with van der Waals surface area (Å²) in [5, 5.41) is 7.25. The van der Waals surface area contributed by atoms with Gasteiger partial charge in [0.2, 0.25) is 0 Å². The fourth-order valence-electron chi connectivity index (χ4n) is 1.75. The number of anilines is 1. The van der Waals surface area contributed by atoms with Crippen LogP contribution < -0.4 is 10.9 Å². The fraction of sp³-hybridized carbons (Fsp3) is 0.214. The molecule has 102 valence electrons. The Hall–Kier alpha value is -2.32. The number of pyridine rings is 1. The van der Waals surface area contributed by atoms with Crippen LogP contribution in [0.3, 0.4) is 0 Å². The first kappa shape index (κ1) is 14.1. The first-order chi connectivity index (χ1) is 9.63. The van der Waals surface area contributed by atoms with E-state index in [0.29, 0.717) is 5.69 Å². The van der Waals surface area contributed by atoms with Gasteiger partial charge in [0.15, 0.2) is 0 Å². The Morgan fingerprint density at radius 3 is 2.85 bits per heavy atom. The van der Waals surface area contributed by atoms with Crippen molar-refractivity contribution in [2.45, 2.75) is 19.5 Å². The molecule has 0 aliphatic heterocycles. The van der Waals surface area contributed by atoms with Gasteiger partial charge in [-0.05, 0) is 24.6 Å². The molecular weight excluding hydrogens is 276 g/mol. The van der Waals surface area contributed by atoms with Gasteiger partial charge in [-0.15, -0.1) is 6.42 Å². The molecule has 0 fully saturated rings. The minimum absolute atomic E-state index is 0.0927. The van der Waals surface area contributed by atoms with Gasteiger partial charge >= 0.3 is 0 Å². The van der Waals surface area contributed by atoms with Crippen LogP contribution in [0.25, 0.3) is 0 Å². The van der Waals surface area contributed by atoms with E-state index in [0.717, 1.165) is 5.56 Å². The molecule has 1 unspecified atom stereocenters. The van der Waals surface area contributed by atoms with Crippen LogP contribution in [0.15, 0.2) is 35.5 Å². The first-order valence-electron chi connectivity index (χ1n) is 5.99. The van der Waals surface area contributed by atoms with Gasteiger partial charge < -0.3 is 5.32 Å². The standard InChI is InChI=1S/C14H13ClN4O/c1-3-8-19-14(20)13(12(15)9-17-19)18-10(2)11-4-6-16-7-5-11/h1,4-7,9-10,18H,8H2,2H3. The second kappa shape index (κ2) is 6.22. The molecule has 0 saturated heterocycles. The summed E-state index contributed by atoms with van der Waals surface area (Å²) in [5.41, 5.74) is 0.952. The lowest BCUT2D eigenvalue weighted by atomic mass is 10.1. The van der Waals surface area contributed by atoms with Crippen LogP contribution in [0.1, 0.15) is 18.5 Å². The van der Waals surface area contributed by atoms with Gasteiger partial charge in [0.05, 0.1) is 11.2 Å². The van der Waals surface area contributed by atoms with E-state index in [1.807, 2.05) is 19.1 Å². The third kappa shape index (κ3) is 2.98. The van der Waals surface area contributed by atoms with Gasteiger partial charge in [0.1, 0.15) is 12.2 Å². The molecule has 6 heteroatoms. The molecule has 0 saturated carbocycles. The van der Waals surface area contributed by atoms with Crippen LogP contribution in [0.2, 0.25) is 5.02 Å². The lowest BCUT2D eigenvalue weighted by molar-refractivity contribution is 0.662. The van der Waals surface area contributed by atoms with E-state index in [9.17, 15) is 4.79 Å². The van der Waals surface area contributed by atoms with E-state index >= 15 is 0 Å². The number of nitrogens with zero attached hydrogens (tertiary/aromatic N) is 3. The lowest BCUT2D eigenvalue weighted by Gasteiger charge is -2.16. The number of rotatable bonds is 4. The number of terminal acetylenes is 1. The van der Waals surface area contributed by atoms with Crippen molar-refractivity contribution in [3.63, 3.8) is 0 Å². The second-order valence-corrected chi connectivity index (χ2v) is 4.59. The summed E-state index contributed by atoms with van der Waals surface area (Å²) in [6.07, 6.45) is 9.99. The third-order valence-corrected chi connectivity index (χ3v) is 3.09. The molecule has 1 atom stereocenters. The minimum atomic E-state index is -0.337. The topological polar surface area (TPSA) is 59.8 Å². The Balaban J connectivity index is 2.32. The van der Waals surface area contributed by atoms with E-state index in [1.54, 1.807) is 12.4 Å². The molecule has 2 heterocycles. The summed E-state index contributed by atoms with van der Waals surface area (Å²) in [7, 11) is 0. The monoisotopic (exact) mass is 288 g/mol. The van der Waals surface area contributed by atoms with Crippen LogP contribution in [0.4, 0.5) is 5.69 Å². The second-order valence-electron chi connectivity index (χ2n) is 4.18. The van der Waals surface area contributed by atoms with Crippen molar-refractivity contribution in [2.24, 2.45) is 0 Å². The average Bonchev–Trinajstić information content (AvgIpc) is 2.47. The van der Waals surface area contributed by atoms with Crippen molar-refractivity contribution in [1.82, 2.24) is 14.8 Å². The number of hydrogen-bond acceptors (Lipinski definition) is 4. The predicted octanol–water partition coefficient (Wildman–Crippen LogP) is 2.10. The van der Waals surface area contributed by atoms with Crippen LogP contribution in [0.5, 0.6) is 0 Å². The summed E-state index contributed by atoms with van der Waals surface area (Å²) in [6, 6.07) is 3.64. The smallest absolute Gasteiger partial charge is 0.292 e. The van der Waals surface area contributed by atoms with Crippen molar-refractivity contribution in [3.05, 3.63) is 51.7 Å². The molecule has 2 aromatic rings. The molecule has 2 rings (SSSR count). The van der Waals surface area contributed by atoms with Crippen LogP contribution in [0, 0.1) is 12.3 Å². The zero-order valence-electron chi connectivity index (χ0n) is 10.9. The van der Waals surface area contributed by atoms with E-state index in [2.05, 4.69) is 21.3 Å². The maximum Gasteiger partial charge on any atom is 0.292 e. The quantitative estimate of drug-likeness (QED) is 0.875. The largest absolute Gasteiger partial charge is 0.373 e. The zero-order valence-corrected chi connectivity index (χ0v) is 11.6. The summed E-state index contributed by atoms with van der Waals surface area (Å²) < 4.78 is 1.19. The number of halogens is 1. The number of nitrogens with one attached hydrogen (secondary N) is 1. The number of hydrogen-bond donors (Lipinski definition) is 1. The molecule has 0 spiro atoms. The molecule has 0 aromatic carbocycles. The summed E-state index contributed by atoms with van der Waals surface area (Å²) in [4.78, 5) is 16.1. The summed E-state index contributed by atoms with van der Waals surface area (Å²) in [5.74, 6) is 2.38. The molecule has 0 bridgehead atoms. The molecule has 0 aliphatic rings. The number of aromatic nitrogens is 3. The van der Waals surface area contributed by atoms with Crippen LogP contribution >= 0.6 is 11.6 Å². The van der Waals surface area contributed by atoms with Gasteiger partial charge in [0.25, 0.3) is 5.56 Å². The highest BCUT2D eigenvalue weighted by Crippen LogP contribution is 2.21. The van der Waals surface area contributed by atoms with Gasteiger partial charge in [-0.1, -0.05) is 17.5 Å². The van der Waals surface area contributed by atoms with Crippen LogP contribution in [-0.4, -0.2) is 14.8 Å². The molecule has 0 amide bonds. The molecule has 20 heavy (non-hydrogen) atoms. The van der Waals surface area contributed by atoms with Crippen molar-refractivity contribution >= 4 is 17.3 Å². The molecule has 5 nitrogen and oxygen atoms in total. The van der Waals surface area contributed by atoms with Gasteiger partial charge in [0, 0.05) is 18.4 Å². The SMILES string of the molecule is C#CCn1ncc(Cl)c(NC(C)c2ccncc2)c1=O. The van der Waals surface area contributed by atoms with E-state index in [4.69, 9.17) is 18.0 Å². The van der Waals surface area contributed by atoms with E-state index in [1.165, 1.54) is 10.9 Å². The summed E-state index contributed by atoms with van der Waals surface area (Å²) >= 11 is 6.03. The average molecular weight is 289 g/mol. The van der Waals surface area contributed by atoms with Crippen LogP contribution in [-0.2, 0) is 6.54 Å². The Kier molecular flexibility index (Phi) is 4.38. The van der Waals surface area contributed by atoms with Crippen molar-refractivity contribution in [2.75, 3.05) is 5.32 Å². The molecule has 0 radical (unpaired) electrons. The summed E-state index contributed by atoms with van der Waals surface area (Å²) in [6.45, 7) is 2.03.